The normalized spacial score (nSPS) is 19.9. The maximum atomic E-state index is 6.32. The smallest absolute Gasteiger partial charge is 0.245 e. The average Bonchev–Trinajstić information content (AvgIpc) is 2.97. The number of aryl methyl sites for hydroxylation is 1. The molecule has 0 unspecified atom stereocenters. The number of halogens is 1. The number of ether oxygens (including phenoxy) is 1. The van der Waals surface area contributed by atoms with E-state index < -0.39 is 0 Å². The Balaban J connectivity index is 1.74. The average molecular weight is 337 g/mol. The van der Waals surface area contributed by atoms with E-state index in [-0.39, 0.29) is 6.04 Å². The van der Waals surface area contributed by atoms with E-state index in [1.54, 1.807) is 7.11 Å². The van der Waals surface area contributed by atoms with Crippen LogP contribution < -0.4 is 4.74 Å². The number of hydrogen-bond acceptors (Lipinski definition) is 6. The molecule has 0 amide bonds. The van der Waals surface area contributed by atoms with Gasteiger partial charge < -0.3 is 9.26 Å². The van der Waals surface area contributed by atoms with Gasteiger partial charge in [0.05, 0.1) is 7.11 Å². The molecule has 0 bridgehead atoms. The molecule has 1 fully saturated rings. The predicted octanol–water partition coefficient (Wildman–Crippen LogP) is 2.53. The fourth-order valence-electron chi connectivity index (χ4n) is 2.83. The molecule has 6 nitrogen and oxygen atoms in total. The lowest BCUT2D eigenvalue weighted by atomic mass is 10.1. The van der Waals surface area contributed by atoms with Gasteiger partial charge in [-0.05, 0) is 37.7 Å². The SMILES string of the molecule is COc1ccc(Cl)c(CN2CCN(C)[C@@H](c3nc(C)no3)C2)c1. The summed E-state index contributed by atoms with van der Waals surface area (Å²) in [4.78, 5) is 8.98. The third-order valence-corrected chi connectivity index (χ3v) is 4.58. The number of rotatable bonds is 4. The van der Waals surface area contributed by atoms with Crippen LogP contribution in [0.5, 0.6) is 5.75 Å². The van der Waals surface area contributed by atoms with E-state index in [9.17, 15) is 0 Å². The van der Waals surface area contributed by atoms with Gasteiger partial charge in [0, 0.05) is 31.2 Å². The molecular formula is C16H21ClN4O2. The third-order valence-electron chi connectivity index (χ3n) is 4.21. The number of aromatic nitrogens is 2. The van der Waals surface area contributed by atoms with Crippen LogP contribution in [0, 0.1) is 6.92 Å². The third kappa shape index (κ3) is 3.65. The molecule has 1 aliphatic heterocycles. The van der Waals surface area contributed by atoms with Crippen LogP contribution in [0.15, 0.2) is 22.7 Å². The molecule has 124 valence electrons. The fourth-order valence-corrected chi connectivity index (χ4v) is 3.01. The Bertz CT molecular complexity index is 676. The van der Waals surface area contributed by atoms with Crippen LogP contribution >= 0.6 is 11.6 Å². The fraction of sp³-hybridized carbons (Fsp3) is 0.500. The van der Waals surface area contributed by atoms with Crippen LogP contribution in [0.2, 0.25) is 5.02 Å². The van der Waals surface area contributed by atoms with Crippen LogP contribution in [-0.4, -0.2) is 53.7 Å². The minimum Gasteiger partial charge on any atom is -0.497 e. The minimum atomic E-state index is 0.106. The van der Waals surface area contributed by atoms with Gasteiger partial charge in [0.25, 0.3) is 0 Å². The van der Waals surface area contributed by atoms with Gasteiger partial charge in [-0.25, -0.2) is 0 Å². The van der Waals surface area contributed by atoms with Crippen LogP contribution in [0.4, 0.5) is 0 Å². The highest BCUT2D eigenvalue weighted by Gasteiger charge is 2.30. The van der Waals surface area contributed by atoms with E-state index in [1.165, 1.54) is 0 Å². The monoisotopic (exact) mass is 336 g/mol. The van der Waals surface area contributed by atoms with Gasteiger partial charge >= 0.3 is 0 Å². The summed E-state index contributed by atoms with van der Waals surface area (Å²) in [7, 11) is 3.75. The molecular weight excluding hydrogens is 316 g/mol. The van der Waals surface area contributed by atoms with Crippen molar-refractivity contribution in [3.63, 3.8) is 0 Å². The molecule has 2 aromatic rings. The van der Waals surface area contributed by atoms with Crippen LogP contribution in [0.1, 0.15) is 23.3 Å². The van der Waals surface area contributed by atoms with Crippen molar-refractivity contribution in [1.82, 2.24) is 19.9 Å². The Hall–Kier alpha value is -1.63. The Kier molecular flexibility index (Phi) is 4.84. The van der Waals surface area contributed by atoms with Gasteiger partial charge in [0.1, 0.15) is 11.8 Å². The maximum absolute atomic E-state index is 6.32. The zero-order valence-corrected chi connectivity index (χ0v) is 14.4. The molecule has 1 aromatic heterocycles. The molecule has 0 radical (unpaired) electrons. The number of nitrogens with zero attached hydrogens (tertiary/aromatic N) is 4. The molecule has 1 atom stereocenters. The second kappa shape index (κ2) is 6.86. The van der Waals surface area contributed by atoms with E-state index in [4.69, 9.17) is 20.9 Å². The van der Waals surface area contributed by atoms with Crippen molar-refractivity contribution in [2.24, 2.45) is 0 Å². The van der Waals surface area contributed by atoms with Crippen LogP contribution in [-0.2, 0) is 6.54 Å². The summed E-state index contributed by atoms with van der Waals surface area (Å²) in [5, 5.41) is 4.66. The molecule has 0 aliphatic carbocycles. The van der Waals surface area contributed by atoms with Crippen molar-refractivity contribution in [2.45, 2.75) is 19.5 Å². The first-order chi connectivity index (χ1) is 11.1. The van der Waals surface area contributed by atoms with Crippen molar-refractivity contribution in [2.75, 3.05) is 33.8 Å². The van der Waals surface area contributed by atoms with E-state index in [1.807, 2.05) is 25.1 Å². The molecule has 2 heterocycles. The zero-order chi connectivity index (χ0) is 16.4. The van der Waals surface area contributed by atoms with Gasteiger partial charge in [-0.15, -0.1) is 0 Å². The molecule has 0 N–H and O–H groups in total. The molecule has 3 rings (SSSR count). The zero-order valence-electron chi connectivity index (χ0n) is 13.6. The van der Waals surface area contributed by atoms with Crippen molar-refractivity contribution >= 4 is 11.6 Å². The Labute approximate surface area is 141 Å². The Morgan fingerprint density at radius 3 is 2.91 bits per heavy atom. The molecule has 1 saturated heterocycles. The molecule has 0 saturated carbocycles. The lowest BCUT2D eigenvalue weighted by molar-refractivity contribution is 0.0714. The summed E-state index contributed by atoms with van der Waals surface area (Å²) in [6.45, 7) is 5.34. The minimum absolute atomic E-state index is 0.106. The summed E-state index contributed by atoms with van der Waals surface area (Å²) in [6, 6.07) is 5.85. The Morgan fingerprint density at radius 2 is 2.22 bits per heavy atom. The van der Waals surface area contributed by atoms with Gasteiger partial charge in [0.2, 0.25) is 5.89 Å². The number of piperazine rings is 1. The summed E-state index contributed by atoms with van der Waals surface area (Å²) in [5.41, 5.74) is 1.07. The van der Waals surface area contributed by atoms with Crippen molar-refractivity contribution < 1.29 is 9.26 Å². The van der Waals surface area contributed by atoms with E-state index >= 15 is 0 Å². The first-order valence-corrected chi connectivity index (χ1v) is 8.00. The second-order valence-electron chi connectivity index (χ2n) is 5.87. The number of hydrogen-bond donors (Lipinski definition) is 0. The summed E-state index contributed by atoms with van der Waals surface area (Å²) in [5.74, 6) is 2.16. The largest absolute Gasteiger partial charge is 0.497 e. The van der Waals surface area contributed by atoms with Crippen molar-refractivity contribution in [3.05, 3.63) is 40.5 Å². The first kappa shape index (κ1) is 16.2. The summed E-state index contributed by atoms with van der Waals surface area (Å²) in [6.07, 6.45) is 0. The Morgan fingerprint density at radius 1 is 1.39 bits per heavy atom. The molecule has 0 spiro atoms. The second-order valence-corrected chi connectivity index (χ2v) is 6.28. The number of benzene rings is 1. The number of likely N-dealkylation sites (N-methyl/N-ethyl adjacent to an activating group) is 1. The van der Waals surface area contributed by atoms with Crippen LogP contribution in [0.25, 0.3) is 0 Å². The highest BCUT2D eigenvalue weighted by molar-refractivity contribution is 6.31. The quantitative estimate of drug-likeness (QED) is 0.855. The molecule has 1 aliphatic rings. The summed E-state index contributed by atoms with van der Waals surface area (Å²) >= 11 is 6.32. The number of methoxy groups -OCH3 is 1. The van der Waals surface area contributed by atoms with Gasteiger partial charge in [-0.3, -0.25) is 9.80 Å². The first-order valence-electron chi connectivity index (χ1n) is 7.62. The van der Waals surface area contributed by atoms with E-state index in [2.05, 4.69) is 27.0 Å². The lowest BCUT2D eigenvalue weighted by Gasteiger charge is -2.37. The maximum Gasteiger partial charge on any atom is 0.245 e. The van der Waals surface area contributed by atoms with Crippen molar-refractivity contribution in [3.8, 4) is 5.75 Å². The summed E-state index contributed by atoms with van der Waals surface area (Å²) < 4.78 is 10.6. The molecule has 7 heteroatoms. The van der Waals surface area contributed by atoms with Crippen LogP contribution in [0.3, 0.4) is 0 Å². The van der Waals surface area contributed by atoms with Gasteiger partial charge in [-0.1, -0.05) is 16.8 Å². The topological polar surface area (TPSA) is 54.6 Å². The van der Waals surface area contributed by atoms with E-state index in [0.717, 1.165) is 42.5 Å². The molecule has 1 aromatic carbocycles. The highest BCUT2D eigenvalue weighted by Crippen LogP contribution is 2.27. The predicted molar refractivity (Wildman–Crippen MR) is 87.7 cm³/mol. The van der Waals surface area contributed by atoms with Gasteiger partial charge in [0.15, 0.2) is 5.82 Å². The standard InChI is InChI=1S/C16H21ClN4O2/c1-11-18-16(23-19-11)15-10-21(7-6-20(15)2)9-12-8-13(22-3)4-5-14(12)17/h4-5,8,15H,6-7,9-10H2,1-3H3/t15-/m1/s1. The van der Waals surface area contributed by atoms with Crippen molar-refractivity contribution in [1.29, 1.82) is 0 Å². The molecule has 23 heavy (non-hydrogen) atoms. The highest BCUT2D eigenvalue weighted by atomic mass is 35.5. The lowest BCUT2D eigenvalue weighted by Crippen LogP contribution is -2.46. The van der Waals surface area contributed by atoms with E-state index in [0.29, 0.717) is 11.7 Å². The van der Waals surface area contributed by atoms with Gasteiger partial charge in [-0.2, -0.15) is 4.98 Å².